The summed E-state index contributed by atoms with van der Waals surface area (Å²) in [5, 5.41) is 10.3. The van der Waals surface area contributed by atoms with Gasteiger partial charge in [-0.25, -0.2) is 13.2 Å². The molecule has 0 saturated heterocycles. The fourth-order valence-electron chi connectivity index (χ4n) is 2.10. The Morgan fingerprint density at radius 2 is 1.47 bits per heavy atom. The van der Waals surface area contributed by atoms with Gasteiger partial charge in [0, 0.05) is 6.42 Å². The molecule has 0 spiro atoms. The number of aliphatic hydroxyl groups is 1. The molecule has 2 rings (SSSR count). The Balaban J connectivity index is 2.34. The summed E-state index contributed by atoms with van der Waals surface area (Å²) in [5.74, 6) is -2.00. The van der Waals surface area contributed by atoms with Gasteiger partial charge in [-0.15, -0.1) is 0 Å². The lowest BCUT2D eigenvalue weighted by Gasteiger charge is -2.25. The number of halogens is 3. The molecule has 2 aromatic rings. The van der Waals surface area contributed by atoms with Crippen LogP contribution in [-0.2, 0) is 12.0 Å². The zero-order valence-electron chi connectivity index (χ0n) is 10.3. The van der Waals surface area contributed by atoms with Crippen LogP contribution in [0, 0.1) is 17.5 Å². The molecule has 2 aromatic carbocycles. The Bertz CT molecular complexity index is 556. The Labute approximate surface area is 109 Å². The topological polar surface area (TPSA) is 20.2 Å². The van der Waals surface area contributed by atoms with Crippen molar-refractivity contribution in [3.63, 3.8) is 0 Å². The lowest BCUT2D eigenvalue weighted by molar-refractivity contribution is 0.0497. The van der Waals surface area contributed by atoms with E-state index < -0.39 is 23.1 Å². The quantitative estimate of drug-likeness (QED) is 0.900. The third kappa shape index (κ3) is 2.96. The summed E-state index contributed by atoms with van der Waals surface area (Å²) < 4.78 is 40.1. The van der Waals surface area contributed by atoms with Crippen LogP contribution in [0.25, 0.3) is 0 Å². The summed E-state index contributed by atoms with van der Waals surface area (Å²) in [6.45, 7) is 1.33. The van der Waals surface area contributed by atoms with Crippen LogP contribution < -0.4 is 0 Å². The molecular formula is C15H13F3O. The average Bonchev–Trinajstić information content (AvgIpc) is 2.31. The second-order valence-corrected chi connectivity index (χ2v) is 4.67. The fourth-order valence-corrected chi connectivity index (χ4v) is 2.10. The maximum atomic E-state index is 13.7. The van der Waals surface area contributed by atoms with Crippen LogP contribution in [0.5, 0.6) is 0 Å². The van der Waals surface area contributed by atoms with Gasteiger partial charge in [-0.05, 0) is 36.8 Å². The molecule has 0 fully saturated rings. The van der Waals surface area contributed by atoms with Crippen molar-refractivity contribution in [2.75, 3.05) is 0 Å². The van der Waals surface area contributed by atoms with Gasteiger partial charge in [-0.3, -0.25) is 0 Å². The van der Waals surface area contributed by atoms with E-state index in [1.807, 2.05) is 0 Å². The van der Waals surface area contributed by atoms with Crippen molar-refractivity contribution in [1.29, 1.82) is 0 Å². The molecule has 0 aromatic heterocycles. The molecule has 1 atom stereocenters. The number of hydrogen-bond acceptors (Lipinski definition) is 1. The van der Waals surface area contributed by atoms with Gasteiger partial charge in [0.2, 0.25) is 0 Å². The van der Waals surface area contributed by atoms with E-state index in [1.54, 1.807) is 0 Å². The molecule has 1 unspecified atom stereocenters. The SMILES string of the molecule is CC(O)(Cc1ccc(F)cc1)c1c(F)cccc1F. The highest BCUT2D eigenvalue weighted by Crippen LogP contribution is 2.29. The van der Waals surface area contributed by atoms with E-state index in [4.69, 9.17) is 0 Å². The van der Waals surface area contributed by atoms with Crippen molar-refractivity contribution < 1.29 is 18.3 Å². The first-order valence-corrected chi connectivity index (χ1v) is 5.81. The molecule has 0 aliphatic carbocycles. The van der Waals surface area contributed by atoms with Crippen LogP contribution in [0.2, 0.25) is 0 Å². The van der Waals surface area contributed by atoms with E-state index in [0.717, 1.165) is 12.1 Å². The van der Waals surface area contributed by atoms with E-state index in [-0.39, 0.29) is 12.0 Å². The zero-order chi connectivity index (χ0) is 14.0. The van der Waals surface area contributed by atoms with Crippen molar-refractivity contribution in [2.24, 2.45) is 0 Å². The largest absolute Gasteiger partial charge is 0.385 e. The molecule has 0 aliphatic heterocycles. The third-order valence-corrected chi connectivity index (χ3v) is 2.96. The molecule has 0 radical (unpaired) electrons. The first kappa shape index (κ1) is 13.6. The summed E-state index contributed by atoms with van der Waals surface area (Å²) in [4.78, 5) is 0. The normalized spacial score (nSPS) is 14.2. The van der Waals surface area contributed by atoms with Gasteiger partial charge in [0.15, 0.2) is 0 Å². The highest BCUT2D eigenvalue weighted by atomic mass is 19.1. The van der Waals surface area contributed by atoms with E-state index in [1.165, 1.54) is 37.3 Å². The van der Waals surface area contributed by atoms with Crippen LogP contribution in [0.1, 0.15) is 18.1 Å². The van der Waals surface area contributed by atoms with Crippen molar-refractivity contribution in [2.45, 2.75) is 18.9 Å². The Hall–Kier alpha value is -1.81. The van der Waals surface area contributed by atoms with Gasteiger partial charge in [0.25, 0.3) is 0 Å². The summed E-state index contributed by atoms with van der Waals surface area (Å²) in [7, 11) is 0. The van der Waals surface area contributed by atoms with Crippen LogP contribution in [-0.4, -0.2) is 5.11 Å². The standard InChI is InChI=1S/C15H13F3O/c1-15(19,9-10-5-7-11(16)8-6-10)14-12(17)3-2-4-13(14)18/h2-8,19H,9H2,1H3. The first-order chi connectivity index (χ1) is 8.90. The van der Waals surface area contributed by atoms with Crippen LogP contribution >= 0.6 is 0 Å². The molecule has 19 heavy (non-hydrogen) atoms. The number of hydrogen-bond donors (Lipinski definition) is 1. The highest BCUT2D eigenvalue weighted by Gasteiger charge is 2.30. The van der Waals surface area contributed by atoms with Gasteiger partial charge in [0.1, 0.15) is 17.5 Å². The summed E-state index contributed by atoms with van der Waals surface area (Å²) >= 11 is 0. The Morgan fingerprint density at radius 1 is 0.947 bits per heavy atom. The van der Waals surface area contributed by atoms with Crippen LogP contribution in [0.3, 0.4) is 0 Å². The summed E-state index contributed by atoms with van der Waals surface area (Å²) in [6.07, 6.45) is -0.00880. The molecular weight excluding hydrogens is 253 g/mol. The van der Waals surface area contributed by atoms with Gasteiger partial charge in [-0.1, -0.05) is 18.2 Å². The number of benzene rings is 2. The van der Waals surface area contributed by atoms with Crippen molar-refractivity contribution in [3.05, 3.63) is 71.0 Å². The molecule has 1 N–H and O–H groups in total. The molecule has 0 heterocycles. The minimum absolute atomic E-state index is 0.00880. The Morgan fingerprint density at radius 3 is 2.00 bits per heavy atom. The van der Waals surface area contributed by atoms with Crippen LogP contribution in [0.4, 0.5) is 13.2 Å². The molecule has 0 saturated carbocycles. The van der Waals surface area contributed by atoms with E-state index >= 15 is 0 Å². The monoisotopic (exact) mass is 266 g/mol. The second-order valence-electron chi connectivity index (χ2n) is 4.67. The molecule has 0 bridgehead atoms. The second kappa shape index (κ2) is 5.05. The lowest BCUT2D eigenvalue weighted by atomic mass is 9.88. The summed E-state index contributed by atoms with van der Waals surface area (Å²) in [6, 6.07) is 8.86. The Kier molecular flexibility index (Phi) is 3.62. The predicted molar refractivity (Wildman–Crippen MR) is 66.0 cm³/mol. The highest BCUT2D eigenvalue weighted by molar-refractivity contribution is 5.29. The van der Waals surface area contributed by atoms with Crippen LogP contribution in [0.15, 0.2) is 42.5 Å². The smallest absolute Gasteiger partial charge is 0.132 e. The third-order valence-electron chi connectivity index (χ3n) is 2.96. The first-order valence-electron chi connectivity index (χ1n) is 5.81. The van der Waals surface area contributed by atoms with E-state index in [9.17, 15) is 18.3 Å². The van der Waals surface area contributed by atoms with Gasteiger partial charge < -0.3 is 5.11 Å². The van der Waals surface area contributed by atoms with Crippen molar-refractivity contribution in [3.8, 4) is 0 Å². The zero-order valence-corrected chi connectivity index (χ0v) is 10.3. The average molecular weight is 266 g/mol. The van der Waals surface area contributed by atoms with E-state index in [2.05, 4.69) is 0 Å². The summed E-state index contributed by atoms with van der Waals surface area (Å²) in [5.41, 5.74) is -1.49. The van der Waals surface area contributed by atoms with Gasteiger partial charge in [-0.2, -0.15) is 0 Å². The predicted octanol–water partition coefficient (Wildman–Crippen LogP) is 3.55. The fraction of sp³-hybridized carbons (Fsp3) is 0.200. The van der Waals surface area contributed by atoms with Crippen molar-refractivity contribution in [1.82, 2.24) is 0 Å². The minimum Gasteiger partial charge on any atom is -0.385 e. The molecule has 0 amide bonds. The van der Waals surface area contributed by atoms with Gasteiger partial charge in [0.05, 0.1) is 11.2 Å². The lowest BCUT2D eigenvalue weighted by Crippen LogP contribution is -2.27. The molecule has 0 aliphatic rings. The maximum Gasteiger partial charge on any atom is 0.132 e. The van der Waals surface area contributed by atoms with Gasteiger partial charge >= 0.3 is 0 Å². The molecule has 4 heteroatoms. The number of rotatable bonds is 3. The van der Waals surface area contributed by atoms with Crippen molar-refractivity contribution >= 4 is 0 Å². The maximum absolute atomic E-state index is 13.7. The van der Waals surface area contributed by atoms with E-state index in [0.29, 0.717) is 5.56 Å². The molecule has 100 valence electrons. The minimum atomic E-state index is -1.70. The molecule has 1 nitrogen and oxygen atoms in total.